The lowest BCUT2D eigenvalue weighted by molar-refractivity contribution is -0.114. The second-order valence-electron chi connectivity index (χ2n) is 5.14. The molecule has 116 valence electrons. The van der Waals surface area contributed by atoms with Gasteiger partial charge in [-0.1, -0.05) is 24.6 Å². The van der Waals surface area contributed by atoms with Crippen molar-refractivity contribution in [3.63, 3.8) is 0 Å². The maximum atomic E-state index is 11.9. The van der Waals surface area contributed by atoms with Crippen molar-refractivity contribution in [2.45, 2.75) is 20.3 Å². The summed E-state index contributed by atoms with van der Waals surface area (Å²) < 4.78 is 5.51. The molecular formula is C18H22N2O2. The van der Waals surface area contributed by atoms with Crippen LogP contribution in [0.25, 0.3) is 0 Å². The van der Waals surface area contributed by atoms with Gasteiger partial charge in [-0.05, 0) is 49.7 Å². The molecule has 0 radical (unpaired) electrons. The molecular weight excluding hydrogens is 276 g/mol. The molecule has 0 saturated carbocycles. The van der Waals surface area contributed by atoms with Gasteiger partial charge in [0.1, 0.15) is 5.75 Å². The molecule has 0 fully saturated rings. The van der Waals surface area contributed by atoms with Crippen LogP contribution in [0.2, 0.25) is 0 Å². The van der Waals surface area contributed by atoms with Gasteiger partial charge in [0.25, 0.3) is 0 Å². The molecule has 0 heterocycles. The van der Waals surface area contributed by atoms with Crippen LogP contribution >= 0.6 is 0 Å². The normalized spacial score (nSPS) is 10.1. The van der Waals surface area contributed by atoms with Gasteiger partial charge in [0.15, 0.2) is 0 Å². The van der Waals surface area contributed by atoms with Gasteiger partial charge < -0.3 is 15.4 Å². The van der Waals surface area contributed by atoms with Gasteiger partial charge in [0.2, 0.25) is 5.91 Å². The van der Waals surface area contributed by atoms with Crippen LogP contribution in [0.15, 0.2) is 48.5 Å². The fraction of sp³-hybridized carbons (Fsp3) is 0.278. The van der Waals surface area contributed by atoms with Crippen molar-refractivity contribution in [3.05, 3.63) is 54.1 Å². The molecule has 22 heavy (non-hydrogen) atoms. The summed E-state index contributed by atoms with van der Waals surface area (Å²) in [6, 6.07) is 15.3. The van der Waals surface area contributed by atoms with Crippen molar-refractivity contribution < 1.29 is 9.53 Å². The van der Waals surface area contributed by atoms with Crippen LogP contribution in [0, 0.1) is 6.92 Å². The summed E-state index contributed by atoms with van der Waals surface area (Å²) in [5, 5.41) is 5.94. The van der Waals surface area contributed by atoms with Crippen LogP contribution in [0.1, 0.15) is 18.9 Å². The number of hydrogen-bond acceptors (Lipinski definition) is 3. The fourth-order valence-corrected chi connectivity index (χ4v) is 1.91. The van der Waals surface area contributed by atoms with E-state index in [2.05, 4.69) is 17.6 Å². The Bertz CT molecular complexity index is 591. The Kier molecular flexibility index (Phi) is 5.83. The van der Waals surface area contributed by atoms with E-state index in [4.69, 9.17) is 4.74 Å². The van der Waals surface area contributed by atoms with E-state index in [1.54, 1.807) is 0 Å². The highest BCUT2D eigenvalue weighted by Gasteiger charge is 2.02. The standard InChI is InChI=1S/C18H22N2O2/c1-3-12-22-17-10-8-16(9-11-17)20-18(21)13-19-15-6-4-14(2)5-7-15/h4-11,19H,3,12-13H2,1-2H3,(H,20,21). The second-order valence-corrected chi connectivity index (χ2v) is 5.14. The Morgan fingerprint density at radius 1 is 1.00 bits per heavy atom. The van der Waals surface area contributed by atoms with E-state index in [1.165, 1.54) is 5.56 Å². The Morgan fingerprint density at radius 3 is 2.27 bits per heavy atom. The van der Waals surface area contributed by atoms with Crippen LogP contribution in [-0.2, 0) is 4.79 Å². The van der Waals surface area contributed by atoms with Gasteiger partial charge in [0, 0.05) is 11.4 Å². The minimum Gasteiger partial charge on any atom is -0.494 e. The third-order valence-corrected chi connectivity index (χ3v) is 3.12. The molecule has 2 aromatic rings. The zero-order valence-electron chi connectivity index (χ0n) is 13.1. The number of hydrogen-bond donors (Lipinski definition) is 2. The predicted molar refractivity (Wildman–Crippen MR) is 90.5 cm³/mol. The van der Waals surface area contributed by atoms with E-state index < -0.39 is 0 Å². The highest BCUT2D eigenvalue weighted by Crippen LogP contribution is 2.16. The van der Waals surface area contributed by atoms with Crippen molar-refractivity contribution in [1.29, 1.82) is 0 Å². The van der Waals surface area contributed by atoms with Gasteiger partial charge in [-0.2, -0.15) is 0 Å². The summed E-state index contributed by atoms with van der Waals surface area (Å²) in [5.74, 6) is 0.737. The quantitative estimate of drug-likeness (QED) is 0.816. The van der Waals surface area contributed by atoms with Crippen molar-refractivity contribution in [1.82, 2.24) is 0 Å². The van der Waals surface area contributed by atoms with Crippen LogP contribution in [0.3, 0.4) is 0 Å². The number of anilines is 2. The number of aryl methyl sites for hydroxylation is 1. The van der Waals surface area contributed by atoms with E-state index >= 15 is 0 Å². The first-order valence-electron chi connectivity index (χ1n) is 7.50. The number of carbonyl (C=O) groups excluding carboxylic acids is 1. The molecule has 0 aliphatic rings. The average molecular weight is 298 g/mol. The van der Waals surface area contributed by atoms with Crippen molar-refractivity contribution in [3.8, 4) is 5.75 Å². The number of amides is 1. The fourth-order valence-electron chi connectivity index (χ4n) is 1.91. The first-order chi connectivity index (χ1) is 10.7. The van der Waals surface area contributed by atoms with Gasteiger partial charge >= 0.3 is 0 Å². The smallest absolute Gasteiger partial charge is 0.243 e. The Morgan fingerprint density at radius 2 is 1.64 bits per heavy atom. The van der Waals surface area contributed by atoms with Crippen molar-refractivity contribution in [2.24, 2.45) is 0 Å². The molecule has 1 amide bonds. The van der Waals surface area contributed by atoms with E-state index in [1.807, 2.05) is 55.5 Å². The number of rotatable bonds is 7. The van der Waals surface area contributed by atoms with Gasteiger partial charge in [-0.3, -0.25) is 4.79 Å². The molecule has 0 bridgehead atoms. The van der Waals surface area contributed by atoms with Gasteiger partial charge in [-0.15, -0.1) is 0 Å². The highest BCUT2D eigenvalue weighted by molar-refractivity contribution is 5.93. The summed E-state index contributed by atoms with van der Waals surface area (Å²) >= 11 is 0. The third kappa shape index (κ3) is 5.13. The molecule has 0 unspecified atom stereocenters. The summed E-state index contributed by atoms with van der Waals surface area (Å²) in [7, 11) is 0. The Balaban J connectivity index is 1.80. The summed E-state index contributed by atoms with van der Waals surface area (Å²) in [5.41, 5.74) is 2.89. The molecule has 0 aromatic heterocycles. The van der Waals surface area contributed by atoms with Gasteiger partial charge in [0.05, 0.1) is 13.2 Å². The SMILES string of the molecule is CCCOc1ccc(NC(=O)CNc2ccc(C)cc2)cc1. The summed E-state index contributed by atoms with van der Waals surface area (Å²) in [6.07, 6.45) is 0.975. The second kappa shape index (κ2) is 8.08. The number of carbonyl (C=O) groups is 1. The zero-order chi connectivity index (χ0) is 15.8. The minimum atomic E-state index is -0.0807. The molecule has 2 N–H and O–H groups in total. The summed E-state index contributed by atoms with van der Waals surface area (Å²) in [4.78, 5) is 11.9. The first kappa shape index (κ1) is 15.9. The van der Waals surface area contributed by atoms with E-state index in [0.717, 1.165) is 23.5 Å². The zero-order valence-corrected chi connectivity index (χ0v) is 13.1. The Hall–Kier alpha value is -2.49. The van der Waals surface area contributed by atoms with Gasteiger partial charge in [-0.25, -0.2) is 0 Å². The largest absolute Gasteiger partial charge is 0.494 e. The lowest BCUT2D eigenvalue weighted by Crippen LogP contribution is -2.21. The molecule has 4 nitrogen and oxygen atoms in total. The van der Waals surface area contributed by atoms with Crippen LogP contribution < -0.4 is 15.4 Å². The average Bonchev–Trinajstić information content (AvgIpc) is 2.54. The minimum absolute atomic E-state index is 0.0807. The number of nitrogens with one attached hydrogen (secondary N) is 2. The molecule has 4 heteroatoms. The lowest BCUT2D eigenvalue weighted by Gasteiger charge is -2.09. The first-order valence-corrected chi connectivity index (χ1v) is 7.50. The van der Waals surface area contributed by atoms with Crippen LogP contribution in [-0.4, -0.2) is 19.1 Å². The third-order valence-electron chi connectivity index (χ3n) is 3.12. The number of ether oxygens (including phenoxy) is 1. The highest BCUT2D eigenvalue weighted by atomic mass is 16.5. The van der Waals surface area contributed by atoms with Crippen LogP contribution in [0.5, 0.6) is 5.75 Å². The molecule has 0 saturated heterocycles. The molecule has 0 aliphatic carbocycles. The molecule has 0 atom stereocenters. The number of benzene rings is 2. The van der Waals surface area contributed by atoms with Crippen molar-refractivity contribution >= 4 is 17.3 Å². The monoisotopic (exact) mass is 298 g/mol. The van der Waals surface area contributed by atoms with E-state index in [-0.39, 0.29) is 12.5 Å². The van der Waals surface area contributed by atoms with Crippen molar-refractivity contribution in [2.75, 3.05) is 23.8 Å². The molecule has 0 spiro atoms. The predicted octanol–water partition coefficient (Wildman–Crippen LogP) is 3.83. The molecule has 2 rings (SSSR count). The Labute approximate surface area is 131 Å². The maximum Gasteiger partial charge on any atom is 0.243 e. The maximum absolute atomic E-state index is 11.9. The summed E-state index contributed by atoms with van der Waals surface area (Å²) in [6.45, 7) is 5.03. The van der Waals surface area contributed by atoms with E-state index in [0.29, 0.717) is 6.61 Å². The van der Waals surface area contributed by atoms with E-state index in [9.17, 15) is 4.79 Å². The topological polar surface area (TPSA) is 50.4 Å². The lowest BCUT2D eigenvalue weighted by atomic mass is 10.2. The molecule has 2 aromatic carbocycles. The molecule has 0 aliphatic heterocycles. The van der Waals surface area contributed by atoms with Crippen LogP contribution in [0.4, 0.5) is 11.4 Å².